The monoisotopic (exact) mass is 466 g/mol. The summed E-state index contributed by atoms with van der Waals surface area (Å²) in [5.74, 6) is 0.908. The van der Waals surface area contributed by atoms with Crippen LogP contribution in [0.15, 0.2) is 47.4 Å². The van der Waals surface area contributed by atoms with E-state index in [9.17, 15) is 13.2 Å². The number of carbonyl (C=O) groups is 1. The Morgan fingerprint density at radius 3 is 2.26 bits per heavy atom. The van der Waals surface area contributed by atoms with Crippen LogP contribution in [-0.4, -0.2) is 45.9 Å². The van der Waals surface area contributed by atoms with Gasteiger partial charge in [0.2, 0.25) is 15.9 Å². The molecule has 7 nitrogen and oxygen atoms in total. The molecule has 1 amide bonds. The normalized spacial score (nSPS) is 16.5. The SMILES string of the molecule is COc1ccc(C(C)NC(=O)C2CCN(S(=O)(=O)c3ccc(Cl)cc3)CC2)cc1OC. The summed E-state index contributed by atoms with van der Waals surface area (Å²) in [6, 6.07) is 11.4. The van der Waals surface area contributed by atoms with Crippen LogP contribution in [0.4, 0.5) is 0 Å². The number of nitrogens with zero attached hydrogens (tertiary/aromatic N) is 1. The highest BCUT2D eigenvalue weighted by atomic mass is 35.5. The number of rotatable bonds is 7. The maximum absolute atomic E-state index is 12.8. The topological polar surface area (TPSA) is 84.9 Å². The van der Waals surface area contributed by atoms with Gasteiger partial charge in [-0.25, -0.2) is 8.42 Å². The summed E-state index contributed by atoms with van der Waals surface area (Å²) in [4.78, 5) is 13.0. The van der Waals surface area contributed by atoms with Gasteiger partial charge in [0.05, 0.1) is 25.2 Å². The number of benzene rings is 2. The number of piperidine rings is 1. The van der Waals surface area contributed by atoms with Gasteiger partial charge >= 0.3 is 0 Å². The largest absolute Gasteiger partial charge is 0.493 e. The second kappa shape index (κ2) is 9.89. The van der Waals surface area contributed by atoms with Gasteiger partial charge in [-0.05, 0) is 61.7 Å². The summed E-state index contributed by atoms with van der Waals surface area (Å²) in [6.45, 7) is 2.50. The van der Waals surface area contributed by atoms with Gasteiger partial charge in [0.15, 0.2) is 11.5 Å². The van der Waals surface area contributed by atoms with Crippen molar-refractivity contribution in [1.82, 2.24) is 9.62 Å². The highest BCUT2D eigenvalue weighted by molar-refractivity contribution is 7.89. The average Bonchev–Trinajstić information content (AvgIpc) is 2.78. The van der Waals surface area contributed by atoms with Gasteiger partial charge in [-0.3, -0.25) is 4.79 Å². The van der Waals surface area contributed by atoms with E-state index in [1.807, 2.05) is 19.1 Å². The molecule has 1 aliphatic heterocycles. The highest BCUT2D eigenvalue weighted by Crippen LogP contribution is 2.30. The van der Waals surface area contributed by atoms with Gasteiger partial charge in [0.1, 0.15) is 0 Å². The minimum Gasteiger partial charge on any atom is -0.493 e. The van der Waals surface area contributed by atoms with Crippen molar-refractivity contribution in [2.45, 2.75) is 30.7 Å². The van der Waals surface area contributed by atoms with Crippen molar-refractivity contribution in [3.8, 4) is 11.5 Å². The zero-order chi connectivity index (χ0) is 22.6. The average molecular weight is 467 g/mol. The lowest BCUT2D eigenvalue weighted by atomic mass is 9.96. The summed E-state index contributed by atoms with van der Waals surface area (Å²) in [5.41, 5.74) is 0.897. The van der Waals surface area contributed by atoms with Crippen LogP contribution in [0.2, 0.25) is 5.02 Å². The number of methoxy groups -OCH3 is 2. The molecule has 0 saturated carbocycles. The second-order valence-corrected chi connectivity index (χ2v) is 9.85. The first-order valence-electron chi connectivity index (χ1n) is 10.0. The first-order valence-corrected chi connectivity index (χ1v) is 11.9. The number of ether oxygens (including phenoxy) is 2. The molecule has 2 aromatic carbocycles. The Morgan fingerprint density at radius 2 is 1.68 bits per heavy atom. The van der Waals surface area contributed by atoms with Crippen molar-refractivity contribution < 1.29 is 22.7 Å². The lowest BCUT2D eigenvalue weighted by Crippen LogP contribution is -2.43. The molecule has 0 aromatic heterocycles. The fraction of sp³-hybridized carbons (Fsp3) is 0.409. The number of carbonyl (C=O) groups excluding carboxylic acids is 1. The molecule has 0 radical (unpaired) electrons. The van der Waals surface area contributed by atoms with Gasteiger partial charge in [0, 0.05) is 24.0 Å². The Kier molecular flexibility index (Phi) is 7.46. The van der Waals surface area contributed by atoms with Crippen LogP contribution in [0.3, 0.4) is 0 Å². The predicted octanol–water partition coefficient (Wildman–Crippen LogP) is 3.64. The first kappa shape index (κ1) is 23.4. The molecule has 1 aliphatic rings. The van der Waals surface area contributed by atoms with Gasteiger partial charge < -0.3 is 14.8 Å². The zero-order valence-electron chi connectivity index (χ0n) is 17.8. The van der Waals surface area contributed by atoms with Gasteiger partial charge in [-0.1, -0.05) is 17.7 Å². The maximum atomic E-state index is 12.8. The highest BCUT2D eigenvalue weighted by Gasteiger charge is 2.32. The zero-order valence-corrected chi connectivity index (χ0v) is 19.4. The third-order valence-electron chi connectivity index (χ3n) is 5.54. The van der Waals surface area contributed by atoms with Crippen molar-refractivity contribution in [3.05, 3.63) is 53.1 Å². The van der Waals surface area contributed by atoms with Gasteiger partial charge in [-0.2, -0.15) is 4.31 Å². The number of sulfonamides is 1. The molecule has 1 heterocycles. The molecule has 0 bridgehead atoms. The van der Waals surface area contributed by atoms with Crippen LogP contribution in [0, 0.1) is 5.92 Å². The number of amides is 1. The Bertz CT molecular complexity index is 1020. The molecular formula is C22H27ClN2O5S. The third kappa shape index (κ3) is 5.31. The van der Waals surface area contributed by atoms with E-state index in [0.717, 1.165) is 5.56 Å². The van der Waals surface area contributed by atoms with Crippen molar-refractivity contribution in [1.29, 1.82) is 0 Å². The van der Waals surface area contributed by atoms with Crippen LogP contribution in [-0.2, 0) is 14.8 Å². The van der Waals surface area contributed by atoms with Gasteiger partial charge in [0.25, 0.3) is 0 Å². The van der Waals surface area contributed by atoms with E-state index in [-0.39, 0.29) is 22.8 Å². The van der Waals surface area contributed by atoms with E-state index >= 15 is 0 Å². The third-order valence-corrected chi connectivity index (χ3v) is 7.71. The minimum atomic E-state index is -3.59. The molecule has 1 fully saturated rings. The summed E-state index contributed by atoms with van der Waals surface area (Å²) >= 11 is 5.85. The lowest BCUT2D eigenvalue weighted by molar-refractivity contribution is -0.126. The van der Waals surface area contributed by atoms with E-state index in [4.69, 9.17) is 21.1 Å². The van der Waals surface area contributed by atoms with Crippen molar-refractivity contribution in [2.24, 2.45) is 5.92 Å². The van der Waals surface area contributed by atoms with E-state index in [0.29, 0.717) is 42.5 Å². The molecule has 3 rings (SSSR count). The molecule has 9 heteroatoms. The number of nitrogens with one attached hydrogen (secondary N) is 1. The molecule has 1 unspecified atom stereocenters. The molecule has 1 saturated heterocycles. The fourth-order valence-corrected chi connectivity index (χ4v) is 5.25. The molecular weight excluding hydrogens is 440 g/mol. The van der Waals surface area contributed by atoms with Gasteiger partial charge in [-0.15, -0.1) is 0 Å². The second-order valence-electron chi connectivity index (χ2n) is 7.48. The van der Waals surface area contributed by atoms with Crippen molar-refractivity contribution in [2.75, 3.05) is 27.3 Å². The molecule has 1 atom stereocenters. The van der Waals surface area contributed by atoms with Crippen molar-refractivity contribution >= 4 is 27.5 Å². The van der Waals surface area contributed by atoms with Crippen LogP contribution in [0.5, 0.6) is 11.5 Å². The Morgan fingerprint density at radius 1 is 1.06 bits per heavy atom. The molecule has 31 heavy (non-hydrogen) atoms. The van der Waals surface area contributed by atoms with E-state index in [2.05, 4.69) is 5.32 Å². The van der Waals surface area contributed by atoms with Crippen LogP contribution in [0.1, 0.15) is 31.4 Å². The Hall–Kier alpha value is -2.29. The maximum Gasteiger partial charge on any atom is 0.243 e. The Balaban J connectivity index is 1.59. The lowest BCUT2D eigenvalue weighted by Gasteiger charge is -2.31. The summed E-state index contributed by atoms with van der Waals surface area (Å²) in [7, 11) is -0.453. The summed E-state index contributed by atoms with van der Waals surface area (Å²) in [6.07, 6.45) is 0.939. The summed E-state index contributed by atoms with van der Waals surface area (Å²) in [5, 5.41) is 3.51. The van der Waals surface area contributed by atoms with Crippen LogP contribution in [0.25, 0.3) is 0 Å². The van der Waals surface area contributed by atoms with E-state index in [1.54, 1.807) is 32.4 Å². The van der Waals surface area contributed by atoms with E-state index < -0.39 is 10.0 Å². The predicted molar refractivity (Wildman–Crippen MR) is 119 cm³/mol. The fourth-order valence-electron chi connectivity index (χ4n) is 3.65. The number of halogens is 1. The summed E-state index contributed by atoms with van der Waals surface area (Å²) < 4.78 is 37.6. The number of hydrogen-bond donors (Lipinski definition) is 1. The molecule has 0 spiro atoms. The molecule has 2 aromatic rings. The van der Waals surface area contributed by atoms with Crippen LogP contribution < -0.4 is 14.8 Å². The number of hydrogen-bond acceptors (Lipinski definition) is 5. The van der Waals surface area contributed by atoms with E-state index in [1.165, 1.54) is 16.4 Å². The molecule has 168 valence electrons. The van der Waals surface area contributed by atoms with Crippen molar-refractivity contribution in [3.63, 3.8) is 0 Å². The molecule has 0 aliphatic carbocycles. The minimum absolute atomic E-state index is 0.0779. The molecule has 1 N–H and O–H groups in total. The quantitative estimate of drug-likeness (QED) is 0.673. The first-order chi connectivity index (χ1) is 14.8. The van der Waals surface area contributed by atoms with Crippen LogP contribution >= 0.6 is 11.6 Å². The smallest absolute Gasteiger partial charge is 0.243 e. The standard InChI is InChI=1S/C22H27ClN2O5S/c1-15(17-4-9-20(29-2)21(14-17)30-3)24-22(26)16-10-12-25(13-11-16)31(27,28)19-7-5-18(23)6-8-19/h4-9,14-16H,10-13H2,1-3H3,(H,24,26). The Labute approximate surface area is 188 Å².